The second-order valence-electron chi connectivity index (χ2n) is 10.5. The fourth-order valence-electron chi connectivity index (χ4n) is 4.35. The van der Waals surface area contributed by atoms with Crippen molar-refractivity contribution < 1.29 is 33.0 Å². The van der Waals surface area contributed by atoms with Gasteiger partial charge in [-0.15, -0.1) is 0 Å². The molecule has 0 atom stereocenters. The predicted molar refractivity (Wildman–Crippen MR) is 166 cm³/mol. The number of carboxylic acids is 2. The summed E-state index contributed by atoms with van der Waals surface area (Å²) in [7, 11) is -3.80. The first-order chi connectivity index (χ1) is 20.1. The van der Waals surface area contributed by atoms with E-state index in [1.165, 1.54) is 120 Å². The zero-order valence-electron chi connectivity index (χ0n) is 24.9. The highest BCUT2D eigenvalue weighted by atomic mass is 32.2. The third-order valence-electron chi connectivity index (χ3n) is 6.80. The van der Waals surface area contributed by atoms with Gasteiger partial charge >= 0.3 is 11.9 Å². The van der Waals surface area contributed by atoms with Crippen LogP contribution >= 0.6 is 0 Å². The van der Waals surface area contributed by atoms with Crippen molar-refractivity contribution in [2.75, 3.05) is 5.73 Å². The van der Waals surface area contributed by atoms with Crippen molar-refractivity contribution in [3.05, 3.63) is 59.7 Å². The van der Waals surface area contributed by atoms with Crippen LogP contribution in [-0.2, 0) is 14.8 Å². The molecule has 9 nitrogen and oxygen atoms in total. The van der Waals surface area contributed by atoms with Gasteiger partial charge in [0.05, 0.1) is 16.0 Å². The molecule has 0 unspecified atom stereocenters. The Kier molecular flexibility index (Phi) is 18.6. The normalized spacial score (nSPS) is 10.9. The maximum Gasteiger partial charge on any atom is 0.335 e. The molecule has 0 aliphatic heterocycles. The molecule has 0 aliphatic carbocycles. The van der Waals surface area contributed by atoms with Crippen molar-refractivity contribution in [3.63, 3.8) is 0 Å². The Labute approximate surface area is 251 Å². The molecule has 5 N–H and O–H groups in total. The van der Waals surface area contributed by atoms with Gasteiger partial charge in [-0.05, 0) is 48.9 Å². The number of rotatable bonds is 20. The van der Waals surface area contributed by atoms with Crippen LogP contribution < -0.4 is 10.5 Å². The quantitative estimate of drug-likeness (QED) is 0.0895. The number of nitrogens with two attached hydrogens (primary N) is 1. The summed E-state index contributed by atoms with van der Waals surface area (Å²) in [5.41, 5.74) is 6.01. The van der Waals surface area contributed by atoms with Gasteiger partial charge in [-0.25, -0.2) is 22.7 Å². The van der Waals surface area contributed by atoms with Crippen LogP contribution in [0.3, 0.4) is 0 Å². The summed E-state index contributed by atoms with van der Waals surface area (Å²) in [6.45, 7) is 2.26. The first-order valence-electron chi connectivity index (χ1n) is 15.0. The van der Waals surface area contributed by atoms with Crippen LogP contribution in [0.2, 0.25) is 0 Å². The lowest BCUT2D eigenvalue weighted by Gasteiger charge is -2.07. The maximum atomic E-state index is 12.1. The third kappa shape index (κ3) is 16.8. The number of hydrogen-bond acceptors (Lipinski definition) is 6. The molecule has 1 amide bonds. The van der Waals surface area contributed by atoms with E-state index in [4.69, 9.17) is 15.9 Å². The van der Waals surface area contributed by atoms with E-state index >= 15 is 0 Å². The number of carbonyl (C=O) groups is 3. The lowest BCUT2D eigenvalue weighted by atomic mass is 10.0. The van der Waals surface area contributed by atoms with E-state index in [-0.39, 0.29) is 22.4 Å². The van der Waals surface area contributed by atoms with Crippen LogP contribution in [0, 0.1) is 0 Å². The van der Waals surface area contributed by atoms with Gasteiger partial charge in [-0.1, -0.05) is 103 Å². The van der Waals surface area contributed by atoms with Crippen LogP contribution in [0.5, 0.6) is 0 Å². The van der Waals surface area contributed by atoms with Crippen LogP contribution in [-0.4, -0.2) is 36.5 Å². The molecule has 42 heavy (non-hydrogen) atoms. The monoisotopic (exact) mass is 604 g/mol. The van der Waals surface area contributed by atoms with E-state index in [1.807, 2.05) is 0 Å². The number of nitrogen functional groups attached to an aromatic ring is 1. The minimum absolute atomic E-state index is 0.0186. The maximum absolute atomic E-state index is 12.1. The van der Waals surface area contributed by atoms with Crippen LogP contribution in [0.25, 0.3) is 0 Å². The van der Waals surface area contributed by atoms with Gasteiger partial charge in [-0.2, -0.15) is 0 Å². The number of carboxylic acid groups (broad SMARTS) is 2. The van der Waals surface area contributed by atoms with Crippen LogP contribution in [0.15, 0.2) is 53.4 Å². The van der Waals surface area contributed by atoms with E-state index < -0.39 is 27.9 Å². The van der Waals surface area contributed by atoms with Crippen molar-refractivity contribution in [1.29, 1.82) is 0 Å². The number of sulfonamides is 1. The molecule has 0 bridgehead atoms. The molecule has 2 aromatic carbocycles. The number of anilines is 1. The predicted octanol–water partition coefficient (Wildman–Crippen LogP) is 7.42. The SMILES string of the molecule is CCCCCCCCCCCCCCCCCC(=O)NS(=O)(=O)c1ccc(N)cc1.O=C(O)c1cccc(C(=O)O)c1. The highest BCUT2D eigenvalue weighted by molar-refractivity contribution is 7.90. The average molecular weight is 605 g/mol. The molecule has 0 spiro atoms. The highest BCUT2D eigenvalue weighted by Crippen LogP contribution is 2.15. The Morgan fingerprint density at radius 1 is 0.667 bits per heavy atom. The Bertz CT molecular complexity index is 1150. The Hall–Kier alpha value is -3.40. The number of nitrogens with one attached hydrogen (secondary N) is 1. The van der Waals surface area contributed by atoms with Crippen molar-refractivity contribution >= 4 is 33.6 Å². The van der Waals surface area contributed by atoms with Gasteiger partial charge in [0.15, 0.2) is 0 Å². The molecular formula is C32H48N2O7S. The lowest BCUT2D eigenvalue weighted by Crippen LogP contribution is -2.30. The van der Waals surface area contributed by atoms with Crippen LogP contribution in [0.1, 0.15) is 130 Å². The van der Waals surface area contributed by atoms with Gasteiger partial charge in [0.25, 0.3) is 10.0 Å². The van der Waals surface area contributed by atoms with E-state index in [1.54, 1.807) is 0 Å². The third-order valence-corrected chi connectivity index (χ3v) is 8.19. The molecule has 0 heterocycles. The summed E-state index contributed by atoms with van der Waals surface area (Å²) in [4.78, 5) is 32.7. The first kappa shape index (κ1) is 36.6. The molecule has 0 fully saturated rings. The van der Waals surface area contributed by atoms with E-state index in [2.05, 4.69) is 11.6 Å². The number of benzene rings is 2. The Morgan fingerprint density at radius 2 is 1.07 bits per heavy atom. The molecule has 2 rings (SSSR count). The summed E-state index contributed by atoms with van der Waals surface area (Å²) in [6, 6.07) is 11.0. The summed E-state index contributed by atoms with van der Waals surface area (Å²) >= 11 is 0. The minimum atomic E-state index is -3.80. The molecule has 0 saturated carbocycles. The molecule has 0 aromatic heterocycles. The second kappa shape index (κ2) is 21.3. The summed E-state index contributed by atoms with van der Waals surface area (Å²) < 4.78 is 26.4. The van der Waals surface area contributed by atoms with Crippen molar-refractivity contribution in [2.45, 2.75) is 115 Å². The highest BCUT2D eigenvalue weighted by Gasteiger charge is 2.17. The van der Waals surface area contributed by atoms with Gasteiger partial charge in [0.1, 0.15) is 0 Å². The number of unbranched alkanes of at least 4 members (excludes halogenated alkanes) is 14. The van der Waals surface area contributed by atoms with Gasteiger partial charge in [-0.3, -0.25) is 4.79 Å². The minimum Gasteiger partial charge on any atom is -0.478 e. The second-order valence-corrected chi connectivity index (χ2v) is 12.2. The van der Waals surface area contributed by atoms with Crippen LogP contribution in [0.4, 0.5) is 5.69 Å². The lowest BCUT2D eigenvalue weighted by molar-refractivity contribution is -0.119. The standard InChI is InChI=1S/C24H42N2O3S.C8H6O4/c1-2-3-4-5-6-7-8-9-10-11-12-13-14-15-16-17-24(27)26-30(28,29)23-20-18-22(25)19-21-23;9-7(10)5-2-1-3-6(4-5)8(11)12/h18-21H,2-17,25H2,1H3,(H,26,27);1-4H,(H,9,10)(H,11,12). The van der Waals surface area contributed by atoms with Crippen molar-refractivity contribution in [1.82, 2.24) is 4.72 Å². The number of amides is 1. The Morgan fingerprint density at radius 3 is 1.48 bits per heavy atom. The van der Waals surface area contributed by atoms with Gasteiger partial charge in [0, 0.05) is 12.1 Å². The summed E-state index contributed by atoms with van der Waals surface area (Å²) in [5.74, 6) is -2.70. The molecule has 0 aliphatic rings. The number of carbonyl (C=O) groups excluding carboxylic acids is 1. The molecule has 2 aromatic rings. The molecule has 10 heteroatoms. The van der Waals surface area contributed by atoms with Gasteiger partial charge < -0.3 is 15.9 Å². The van der Waals surface area contributed by atoms with Gasteiger partial charge in [0.2, 0.25) is 5.91 Å². The number of aromatic carboxylic acids is 2. The molecule has 234 valence electrons. The molecule has 0 radical (unpaired) electrons. The zero-order valence-corrected chi connectivity index (χ0v) is 25.7. The van der Waals surface area contributed by atoms with E-state index in [9.17, 15) is 22.8 Å². The largest absolute Gasteiger partial charge is 0.478 e. The fourth-order valence-corrected chi connectivity index (χ4v) is 5.36. The van der Waals surface area contributed by atoms with Crippen molar-refractivity contribution in [2.24, 2.45) is 0 Å². The summed E-state index contributed by atoms with van der Waals surface area (Å²) in [5, 5.41) is 17.0. The smallest absolute Gasteiger partial charge is 0.335 e. The summed E-state index contributed by atoms with van der Waals surface area (Å²) in [6.07, 6.45) is 19.2. The fraction of sp³-hybridized carbons (Fsp3) is 0.531. The van der Waals surface area contributed by atoms with E-state index in [0.29, 0.717) is 5.69 Å². The topological polar surface area (TPSA) is 164 Å². The first-order valence-corrected chi connectivity index (χ1v) is 16.5. The number of hydrogen-bond donors (Lipinski definition) is 4. The molecular weight excluding hydrogens is 556 g/mol. The van der Waals surface area contributed by atoms with E-state index in [0.717, 1.165) is 25.3 Å². The average Bonchev–Trinajstić information content (AvgIpc) is 2.95. The molecule has 0 saturated heterocycles. The van der Waals surface area contributed by atoms with Crippen molar-refractivity contribution in [3.8, 4) is 0 Å². The Balaban J connectivity index is 0.000000609. The zero-order chi connectivity index (χ0) is 31.2.